The Hall–Kier alpha value is -6.94. The molecule has 1 amide bonds. The van der Waals surface area contributed by atoms with E-state index in [2.05, 4.69) is 40.7 Å². The van der Waals surface area contributed by atoms with Crippen molar-refractivity contribution in [3.8, 4) is 17.1 Å². The topological polar surface area (TPSA) is 281 Å². The van der Waals surface area contributed by atoms with Crippen LogP contribution in [0.1, 0.15) is 43.7 Å². The van der Waals surface area contributed by atoms with Gasteiger partial charge in [-0.2, -0.15) is 14.7 Å². The number of carbonyl (C=O) groups is 3. The van der Waals surface area contributed by atoms with Crippen LogP contribution in [0.2, 0.25) is 15.1 Å². The third-order valence-corrected chi connectivity index (χ3v) is 7.38. The summed E-state index contributed by atoms with van der Waals surface area (Å²) in [6.07, 6.45) is 3.24. The largest absolute Gasteiger partial charge is 0.478 e. The number of azide groups is 1. The molecule has 2 heterocycles. The van der Waals surface area contributed by atoms with Gasteiger partial charge in [0.25, 0.3) is 5.91 Å². The van der Waals surface area contributed by atoms with Crippen molar-refractivity contribution >= 4 is 82.1 Å². The molecule has 0 unspecified atom stereocenters. The molecule has 5 rings (SSSR count). The quantitative estimate of drug-likeness (QED) is 0.0294. The second-order valence-corrected chi connectivity index (χ2v) is 11.2. The number of aromatic nitrogens is 4. The van der Waals surface area contributed by atoms with Gasteiger partial charge in [-0.15, -0.1) is 5.10 Å². The van der Waals surface area contributed by atoms with Gasteiger partial charge in [-0.05, 0) is 73.1 Å². The normalized spacial score (nSPS) is 10.5. The van der Waals surface area contributed by atoms with Gasteiger partial charge >= 0.3 is 18.1 Å². The number of nitrogens with zero attached hydrogens (tertiary/aromatic N) is 9. The first-order valence-corrected chi connectivity index (χ1v) is 15.9. The van der Waals surface area contributed by atoms with Crippen molar-refractivity contribution in [2.75, 3.05) is 6.54 Å². The highest BCUT2D eigenvalue weighted by atomic mass is 35.5. The first-order chi connectivity index (χ1) is 25.8. The van der Waals surface area contributed by atoms with Crippen LogP contribution >= 0.6 is 34.8 Å². The van der Waals surface area contributed by atoms with Gasteiger partial charge in [0.15, 0.2) is 0 Å². The summed E-state index contributed by atoms with van der Waals surface area (Å²) < 4.78 is 1.41. The number of rotatable bonds is 10. The number of pyridine rings is 1. The van der Waals surface area contributed by atoms with Gasteiger partial charge in [0.2, 0.25) is 0 Å². The second-order valence-electron chi connectivity index (χ2n) is 10.00. The molecule has 5 aromatic rings. The molecule has 2 aromatic heterocycles. The molecular formula is C33H24Cl3N11O7. The number of carboxylic acids is 2. The van der Waals surface area contributed by atoms with Gasteiger partial charge in [-0.25, -0.2) is 19.3 Å². The Morgan fingerprint density at radius 3 is 2.19 bits per heavy atom. The molecule has 274 valence electrons. The molecule has 0 atom stereocenters. The third kappa shape index (κ3) is 11.5. The summed E-state index contributed by atoms with van der Waals surface area (Å²) in [5, 5.41) is 36.5. The fourth-order valence-electron chi connectivity index (χ4n) is 4.16. The summed E-state index contributed by atoms with van der Waals surface area (Å²) >= 11 is 17.7. The molecule has 0 bridgehead atoms. The van der Waals surface area contributed by atoms with Gasteiger partial charge in [0.1, 0.15) is 11.4 Å². The Morgan fingerprint density at radius 2 is 1.61 bits per heavy atom. The first-order valence-electron chi connectivity index (χ1n) is 14.8. The van der Waals surface area contributed by atoms with Crippen molar-refractivity contribution in [1.82, 2.24) is 25.3 Å². The van der Waals surface area contributed by atoms with Crippen LogP contribution in [-0.4, -0.2) is 72.7 Å². The predicted molar refractivity (Wildman–Crippen MR) is 197 cm³/mol. The number of hydrogen-bond acceptors (Lipinski definition) is 12. The monoisotopic (exact) mass is 791 g/mol. The first kappa shape index (κ1) is 41.5. The molecule has 21 heteroatoms. The van der Waals surface area contributed by atoms with Crippen LogP contribution in [0, 0.1) is 0 Å². The fourth-order valence-corrected chi connectivity index (χ4v) is 4.86. The lowest BCUT2D eigenvalue weighted by atomic mass is 10.1. The van der Waals surface area contributed by atoms with E-state index in [9.17, 15) is 19.5 Å². The minimum Gasteiger partial charge on any atom is -0.478 e. The van der Waals surface area contributed by atoms with E-state index >= 15 is 0 Å². The van der Waals surface area contributed by atoms with E-state index < -0.39 is 11.9 Å². The Kier molecular flexibility index (Phi) is 15.5. The van der Waals surface area contributed by atoms with E-state index in [1.54, 1.807) is 55.6 Å². The maximum Gasteiger partial charge on any atom is 0.373 e. The highest BCUT2D eigenvalue weighted by Crippen LogP contribution is 2.24. The van der Waals surface area contributed by atoms with E-state index in [-0.39, 0.29) is 50.3 Å². The minimum atomic E-state index is -1.14. The van der Waals surface area contributed by atoms with E-state index in [4.69, 9.17) is 60.9 Å². The third-order valence-electron chi connectivity index (χ3n) is 6.52. The van der Waals surface area contributed by atoms with Crippen molar-refractivity contribution in [3.05, 3.63) is 127 Å². The summed E-state index contributed by atoms with van der Waals surface area (Å²) in [4.78, 5) is 62.2. The van der Waals surface area contributed by atoms with Crippen LogP contribution in [-0.2, 0) is 9.59 Å². The molecule has 0 radical (unpaired) electrons. The average Bonchev–Trinajstić information content (AvgIpc) is 3.63. The fraction of sp³-hybridized carbons (Fsp3) is 0.0606. The SMILES string of the molecule is CCNC(=O)c1cc(C(C=Nc2cccc(Cl)c2)=NN)nc(-c2cn(-c3ccc(C(=O)O)c(Cl)c3)nn2)c1.O=C=O.[N-]=[N+]=Nc1ccc(C(=O)O)c(Cl)c1. The molecule has 5 N–H and O–H groups in total. The van der Waals surface area contributed by atoms with Crippen molar-refractivity contribution in [2.24, 2.45) is 21.1 Å². The summed E-state index contributed by atoms with van der Waals surface area (Å²) in [5.41, 5.74) is 10.8. The lowest BCUT2D eigenvalue weighted by molar-refractivity contribution is -0.191. The van der Waals surface area contributed by atoms with Crippen molar-refractivity contribution in [2.45, 2.75) is 6.92 Å². The molecule has 18 nitrogen and oxygen atoms in total. The number of amides is 1. The lowest BCUT2D eigenvalue weighted by Gasteiger charge is -2.08. The highest BCUT2D eigenvalue weighted by molar-refractivity contribution is 6.38. The van der Waals surface area contributed by atoms with E-state index in [1.165, 1.54) is 41.2 Å². The van der Waals surface area contributed by atoms with Crippen molar-refractivity contribution in [1.29, 1.82) is 0 Å². The molecule has 0 fully saturated rings. The Balaban J connectivity index is 0.000000409. The molecule has 3 aromatic carbocycles. The van der Waals surface area contributed by atoms with Gasteiger partial charge in [-0.1, -0.05) is 57.3 Å². The molecule has 0 spiro atoms. The standard InChI is InChI=1S/C25H20Cl2N8O3.C7H4ClN3O2.CO2/c1-2-29-24(36)14-8-20(22(32-28)12-30-16-5-3-4-15(26)10-16)31-21(9-14)23-13-35(34-33-23)17-6-7-18(25(37)38)19(27)11-17;8-6-3-4(10-11-9)1-2-5(6)7(12)13;2-1-3/h3-13H,2,28H2,1H3,(H,29,36)(H,37,38);1-3H,(H,12,13);. The van der Waals surface area contributed by atoms with E-state index in [0.29, 0.717) is 39.9 Å². The Labute approximate surface area is 319 Å². The number of benzene rings is 3. The zero-order valence-electron chi connectivity index (χ0n) is 27.5. The molecule has 0 saturated heterocycles. The van der Waals surface area contributed by atoms with E-state index in [1.807, 2.05) is 0 Å². The summed E-state index contributed by atoms with van der Waals surface area (Å²) in [6, 6.07) is 18.4. The molecule has 0 saturated carbocycles. The van der Waals surface area contributed by atoms with Crippen LogP contribution < -0.4 is 11.2 Å². The molecule has 0 aliphatic rings. The maximum absolute atomic E-state index is 12.7. The zero-order valence-corrected chi connectivity index (χ0v) is 29.7. The lowest BCUT2D eigenvalue weighted by Crippen LogP contribution is -2.23. The number of hydrogen-bond donors (Lipinski definition) is 4. The van der Waals surface area contributed by atoms with Crippen LogP contribution in [0.5, 0.6) is 0 Å². The molecule has 0 aliphatic heterocycles. The van der Waals surface area contributed by atoms with Crippen LogP contribution in [0.15, 0.2) is 94.2 Å². The van der Waals surface area contributed by atoms with Crippen LogP contribution in [0.3, 0.4) is 0 Å². The second kappa shape index (κ2) is 20.2. The maximum atomic E-state index is 12.7. The minimum absolute atomic E-state index is 0.0152. The highest BCUT2D eigenvalue weighted by Gasteiger charge is 2.17. The van der Waals surface area contributed by atoms with Crippen LogP contribution in [0.25, 0.3) is 27.5 Å². The number of halogens is 3. The number of aliphatic imine (C=N–C) groups is 1. The zero-order chi connectivity index (χ0) is 39.8. The Bertz CT molecular complexity index is 2340. The van der Waals surface area contributed by atoms with Crippen molar-refractivity contribution in [3.63, 3.8) is 0 Å². The number of carboxylic acid groups (broad SMARTS) is 2. The van der Waals surface area contributed by atoms with Crippen molar-refractivity contribution < 1.29 is 34.2 Å². The number of carbonyl (C=O) groups excluding carboxylic acids is 3. The summed E-state index contributed by atoms with van der Waals surface area (Å²) in [7, 11) is 0. The predicted octanol–water partition coefficient (Wildman–Crippen LogP) is 6.55. The van der Waals surface area contributed by atoms with Gasteiger partial charge in [0, 0.05) is 27.7 Å². The smallest absolute Gasteiger partial charge is 0.373 e. The Morgan fingerprint density at radius 1 is 0.944 bits per heavy atom. The van der Waals surface area contributed by atoms with Gasteiger partial charge in [0.05, 0.1) is 56.3 Å². The van der Waals surface area contributed by atoms with Gasteiger partial charge < -0.3 is 21.4 Å². The number of aromatic carboxylic acids is 2. The number of nitrogens with two attached hydrogens (primary N) is 1. The van der Waals surface area contributed by atoms with Gasteiger partial charge in [-0.3, -0.25) is 9.79 Å². The van der Waals surface area contributed by atoms with Crippen LogP contribution in [0.4, 0.5) is 11.4 Å². The summed E-state index contributed by atoms with van der Waals surface area (Å²) in [5.74, 6) is 3.06. The summed E-state index contributed by atoms with van der Waals surface area (Å²) in [6.45, 7) is 2.22. The number of hydrazone groups is 1. The van der Waals surface area contributed by atoms with E-state index in [0.717, 1.165) is 0 Å². The number of nitrogens with one attached hydrogen (secondary N) is 1. The molecule has 54 heavy (non-hydrogen) atoms. The molecule has 0 aliphatic carbocycles. The molecular weight excluding hydrogens is 769 g/mol. The average molecular weight is 793 g/mol.